The summed E-state index contributed by atoms with van der Waals surface area (Å²) in [6.07, 6.45) is 5.97. The zero-order valence-corrected chi connectivity index (χ0v) is 11.9. The fourth-order valence-electron chi connectivity index (χ4n) is 2.82. The molecule has 0 aromatic heterocycles. The molecule has 2 atom stereocenters. The van der Waals surface area contributed by atoms with E-state index in [-0.39, 0.29) is 24.3 Å². The molecule has 0 saturated heterocycles. The third-order valence-corrected chi connectivity index (χ3v) is 4.25. The van der Waals surface area contributed by atoms with E-state index in [9.17, 15) is 9.59 Å². The summed E-state index contributed by atoms with van der Waals surface area (Å²) in [7, 11) is 1.69. The van der Waals surface area contributed by atoms with Gasteiger partial charge in [0.2, 0.25) is 11.8 Å². The molecule has 0 aromatic carbocycles. The Morgan fingerprint density at radius 3 is 2.58 bits per heavy atom. The van der Waals surface area contributed by atoms with Gasteiger partial charge in [0.1, 0.15) is 0 Å². The van der Waals surface area contributed by atoms with Gasteiger partial charge in [-0.25, -0.2) is 0 Å². The van der Waals surface area contributed by atoms with E-state index in [0.29, 0.717) is 6.04 Å². The molecular formula is C14H25N3O2. The van der Waals surface area contributed by atoms with Crippen molar-refractivity contribution in [2.24, 2.45) is 11.7 Å². The fraction of sp³-hybridized carbons (Fsp3) is 0.857. The third kappa shape index (κ3) is 3.69. The Morgan fingerprint density at radius 2 is 2.00 bits per heavy atom. The number of carbonyl (C=O) groups is 2. The van der Waals surface area contributed by atoms with Gasteiger partial charge in [-0.1, -0.05) is 12.8 Å². The highest BCUT2D eigenvalue weighted by molar-refractivity contribution is 5.86. The summed E-state index contributed by atoms with van der Waals surface area (Å²) in [5, 5.41) is 2.90. The zero-order chi connectivity index (χ0) is 14.0. The number of hydrogen-bond acceptors (Lipinski definition) is 3. The van der Waals surface area contributed by atoms with Gasteiger partial charge >= 0.3 is 0 Å². The molecule has 5 heteroatoms. The zero-order valence-electron chi connectivity index (χ0n) is 11.9. The van der Waals surface area contributed by atoms with Gasteiger partial charge in [-0.3, -0.25) is 9.59 Å². The molecule has 0 heterocycles. The normalized spacial score (nSPS) is 30.8. The largest absolute Gasteiger partial charge is 0.352 e. The van der Waals surface area contributed by atoms with Crippen molar-refractivity contribution in [3.8, 4) is 0 Å². The van der Waals surface area contributed by atoms with Crippen molar-refractivity contribution in [2.45, 2.75) is 57.0 Å². The van der Waals surface area contributed by atoms with Crippen LogP contribution in [0.1, 0.15) is 45.4 Å². The van der Waals surface area contributed by atoms with Gasteiger partial charge in [-0.05, 0) is 32.6 Å². The Balaban J connectivity index is 1.88. The fourth-order valence-corrected chi connectivity index (χ4v) is 2.82. The van der Waals surface area contributed by atoms with Gasteiger partial charge in [0.25, 0.3) is 0 Å². The highest BCUT2D eigenvalue weighted by Crippen LogP contribution is 2.32. The smallest absolute Gasteiger partial charge is 0.239 e. The number of likely N-dealkylation sites (N-methyl/N-ethyl adjacent to an activating group) is 1. The Morgan fingerprint density at radius 1 is 1.32 bits per heavy atom. The molecule has 3 N–H and O–H groups in total. The van der Waals surface area contributed by atoms with Crippen LogP contribution in [-0.4, -0.2) is 41.9 Å². The molecule has 5 nitrogen and oxygen atoms in total. The van der Waals surface area contributed by atoms with Gasteiger partial charge in [0, 0.05) is 18.6 Å². The Hall–Kier alpha value is -1.10. The van der Waals surface area contributed by atoms with Crippen molar-refractivity contribution in [1.82, 2.24) is 10.2 Å². The second kappa shape index (κ2) is 5.49. The lowest BCUT2D eigenvalue weighted by Crippen LogP contribution is -2.54. The van der Waals surface area contributed by atoms with Crippen LogP contribution in [0, 0.1) is 5.92 Å². The van der Waals surface area contributed by atoms with Crippen LogP contribution in [-0.2, 0) is 9.59 Å². The number of nitrogens with zero attached hydrogens (tertiary/aromatic N) is 1. The van der Waals surface area contributed by atoms with Crippen LogP contribution in [0.4, 0.5) is 0 Å². The van der Waals surface area contributed by atoms with Crippen LogP contribution in [0.15, 0.2) is 0 Å². The third-order valence-electron chi connectivity index (χ3n) is 4.25. The Labute approximate surface area is 114 Å². The second-order valence-electron chi connectivity index (χ2n) is 6.34. The molecule has 108 valence electrons. The Kier molecular flexibility index (Phi) is 4.13. The second-order valence-corrected chi connectivity index (χ2v) is 6.34. The van der Waals surface area contributed by atoms with Crippen LogP contribution < -0.4 is 11.1 Å². The number of amides is 2. The average molecular weight is 267 g/mol. The maximum Gasteiger partial charge on any atom is 0.239 e. The van der Waals surface area contributed by atoms with E-state index in [1.807, 2.05) is 6.92 Å². The van der Waals surface area contributed by atoms with Crippen molar-refractivity contribution >= 4 is 11.8 Å². The highest BCUT2D eigenvalue weighted by Gasteiger charge is 2.39. The predicted octanol–water partition coefficient (Wildman–Crippen LogP) is 0.631. The molecule has 0 radical (unpaired) electrons. The molecule has 2 fully saturated rings. The average Bonchev–Trinajstić information content (AvgIpc) is 3.11. The van der Waals surface area contributed by atoms with Crippen LogP contribution in [0.2, 0.25) is 0 Å². The maximum atomic E-state index is 12.4. The minimum Gasteiger partial charge on any atom is -0.352 e. The molecule has 0 spiro atoms. The van der Waals surface area contributed by atoms with Crippen LogP contribution in [0.25, 0.3) is 0 Å². The summed E-state index contributed by atoms with van der Waals surface area (Å²) in [6.45, 7) is 2.09. The minimum atomic E-state index is -0.434. The summed E-state index contributed by atoms with van der Waals surface area (Å²) in [6, 6.07) is 0.338. The van der Waals surface area contributed by atoms with E-state index in [4.69, 9.17) is 5.73 Å². The molecule has 2 rings (SSSR count). The molecule has 0 aliphatic heterocycles. The first-order valence-corrected chi connectivity index (χ1v) is 7.23. The van der Waals surface area contributed by atoms with Gasteiger partial charge in [-0.2, -0.15) is 0 Å². The number of nitrogens with one attached hydrogen (secondary N) is 1. The SMILES string of the molecule is CN(CC(=O)NC1CC1)C(=O)C1CCCCC1(C)N. The maximum absolute atomic E-state index is 12.4. The molecule has 2 aliphatic rings. The van der Waals surface area contributed by atoms with Crippen molar-refractivity contribution in [3.63, 3.8) is 0 Å². The van der Waals surface area contributed by atoms with E-state index in [0.717, 1.165) is 38.5 Å². The molecule has 2 aliphatic carbocycles. The van der Waals surface area contributed by atoms with Crippen molar-refractivity contribution in [1.29, 1.82) is 0 Å². The molecule has 0 aromatic rings. The minimum absolute atomic E-state index is 0.00986. The van der Waals surface area contributed by atoms with E-state index >= 15 is 0 Å². The summed E-state index contributed by atoms with van der Waals surface area (Å²) in [5.74, 6) is -0.205. The quantitative estimate of drug-likeness (QED) is 0.784. The summed E-state index contributed by atoms with van der Waals surface area (Å²) in [5.41, 5.74) is 5.80. The van der Waals surface area contributed by atoms with Crippen LogP contribution in [0.5, 0.6) is 0 Å². The topological polar surface area (TPSA) is 75.4 Å². The molecular weight excluding hydrogens is 242 g/mol. The van der Waals surface area contributed by atoms with E-state index < -0.39 is 5.54 Å². The first-order valence-electron chi connectivity index (χ1n) is 7.23. The van der Waals surface area contributed by atoms with Crippen molar-refractivity contribution in [2.75, 3.05) is 13.6 Å². The van der Waals surface area contributed by atoms with Crippen molar-refractivity contribution < 1.29 is 9.59 Å². The lowest BCUT2D eigenvalue weighted by molar-refractivity contribution is -0.140. The molecule has 2 saturated carbocycles. The predicted molar refractivity (Wildman–Crippen MR) is 73.4 cm³/mol. The summed E-state index contributed by atoms with van der Waals surface area (Å²) in [4.78, 5) is 25.7. The molecule has 19 heavy (non-hydrogen) atoms. The van der Waals surface area contributed by atoms with Crippen LogP contribution in [0.3, 0.4) is 0 Å². The Bertz CT molecular complexity index is 364. The van der Waals surface area contributed by atoms with Gasteiger partial charge < -0.3 is 16.0 Å². The first-order chi connectivity index (χ1) is 8.90. The van der Waals surface area contributed by atoms with E-state index in [1.165, 1.54) is 4.90 Å². The van der Waals surface area contributed by atoms with E-state index in [2.05, 4.69) is 5.32 Å². The van der Waals surface area contributed by atoms with Gasteiger partial charge in [0.15, 0.2) is 0 Å². The number of carbonyl (C=O) groups excluding carboxylic acids is 2. The number of nitrogens with two attached hydrogens (primary N) is 1. The highest BCUT2D eigenvalue weighted by atomic mass is 16.2. The van der Waals surface area contributed by atoms with E-state index in [1.54, 1.807) is 7.05 Å². The summed E-state index contributed by atoms with van der Waals surface area (Å²) < 4.78 is 0. The molecule has 2 unspecified atom stereocenters. The lowest BCUT2D eigenvalue weighted by Gasteiger charge is -2.39. The van der Waals surface area contributed by atoms with Crippen LogP contribution >= 0.6 is 0 Å². The van der Waals surface area contributed by atoms with Gasteiger partial charge in [0.05, 0.1) is 12.5 Å². The lowest BCUT2D eigenvalue weighted by atomic mass is 9.74. The standard InChI is InChI=1S/C14H25N3O2/c1-14(15)8-4-3-5-11(14)13(19)17(2)9-12(18)16-10-6-7-10/h10-11H,3-9,15H2,1-2H3,(H,16,18). The number of rotatable bonds is 4. The molecule has 2 amide bonds. The first kappa shape index (κ1) is 14.3. The summed E-state index contributed by atoms with van der Waals surface area (Å²) >= 11 is 0. The van der Waals surface area contributed by atoms with Crippen molar-refractivity contribution in [3.05, 3.63) is 0 Å². The monoisotopic (exact) mass is 267 g/mol. The number of hydrogen-bond donors (Lipinski definition) is 2. The molecule has 0 bridgehead atoms. The van der Waals surface area contributed by atoms with Gasteiger partial charge in [-0.15, -0.1) is 0 Å².